The Kier molecular flexibility index (Phi) is 3.34. The van der Waals surface area contributed by atoms with E-state index in [1.54, 1.807) is 12.3 Å². The number of hydrogen-bond donors (Lipinski definition) is 2. The van der Waals surface area contributed by atoms with Crippen LogP contribution in [0.25, 0.3) is 16.7 Å². The molecule has 3 rings (SSSR count). The molecular weight excluding hydrogens is 302 g/mol. The van der Waals surface area contributed by atoms with Crippen molar-refractivity contribution in [2.75, 3.05) is 0 Å². The Morgan fingerprint density at radius 2 is 2.14 bits per heavy atom. The quantitative estimate of drug-likeness (QED) is 0.710. The minimum absolute atomic E-state index is 0.0873. The molecule has 0 bridgehead atoms. The number of carboxylic acids is 1. The number of H-pyrrole nitrogens is 1. The van der Waals surface area contributed by atoms with Gasteiger partial charge in [0.05, 0.1) is 16.5 Å². The van der Waals surface area contributed by atoms with Gasteiger partial charge < -0.3 is 10.1 Å². The number of aromatic carboxylic acids is 1. The normalized spacial score (nSPS) is 10.8. The van der Waals surface area contributed by atoms with Gasteiger partial charge in [-0.25, -0.2) is 14.3 Å². The Morgan fingerprint density at radius 1 is 1.36 bits per heavy atom. The molecule has 0 amide bonds. The van der Waals surface area contributed by atoms with Crippen molar-refractivity contribution < 1.29 is 9.90 Å². The minimum Gasteiger partial charge on any atom is -0.478 e. The SMILES string of the molecule is Cc1cccnc1-n1c(=S)[nH]c2cc(C(=O)O)ccc2c1=O. The molecule has 22 heavy (non-hydrogen) atoms. The van der Waals surface area contributed by atoms with Gasteiger partial charge in [0, 0.05) is 6.20 Å². The fourth-order valence-electron chi connectivity index (χ4n) is 2.25. The van der Waals surface area contributed by atoms with Crippen molar-refractivity contribution in [3.63, 3.8) is 0 Å². The van der Waals surface area contributed by atoms with E-state index in [2.05, 4.69) is 9.97 Å². The van der Waals surface area contributed by atoms with E-state index in [9.17, 15) is 9.59 Å². The van der Waals surface area contributed by atoms with Crippen LogP contribution in [0.3, 0.4) is 0 Å². The van der Waals surface area contributed by atoms with Crippen molar-refractivity contribution in [1.82, 2.24) is 14.5 Å². The smallest absolute Gasteiger partial charge is 0.335 e. The third-order valence-electron chi connectivity index (χ3n) is 3.34. The topological polar surface area (TPSA) is 88.0 Å². The Balaban J connectivity index is 2.38. The number of aryl methyl sites for hydroxylation is 1. The zero-order chi connectivity index (χ0) is 15.9. The molecule has 0 atom stereocenters. The van der Waals surface area contributed by atoms with E-state index >= 15 is 0 Å². The standard InChI is InChI=1S/C15H11N3O3S/c1-8-3-2-6-16-12(8)18-13(19)10-5-4-9(14(20)21)7-11(10)17-15(18)22/h2-7H,1H3,(H,17,22)(H,20,21). The van der Waals surface area contributed by atoms with Crippen molar-refractivity contribution >= 4 is 29.1 Å². The van der Waals surface area contributed by atoms with Crippen molar-refractivity contribution in [1.29, 1.82) is 0 Å². The molecule has 0 aliphatic rings. The summed E-state index contributed by atoms with van der Waals surface area (Å²) in [7, 11) is 0. The van der Waals surface area contributed by atoms with Crippen LogP contribution in [0.15, 0.2) is 41.3 Å². The average molecular weight is 313 g/mol. The number of carbonyl (C=O) groups is 1. The third-order valence-corrected chi connectivity index (χ3v) is 3.62. The lowest BCUT2D eigenvalue weighted by molar-refractivity contribution is 0.0697. The Labute approximate surface area is 129 Å². The molecule has 0 aliphatic carbocycles. The van der Waals surface area contributed by atoms with Crippen LogP contribution >= 0.6 is 12.2 Å². The summed E-state index contributed by atoms with van der Waals surface area (Å²) in [6.45, 7) is 1.83. The molecule has 1 aromatic carbocycles. The molecule has 7 heteroatoms. The highest BCUT2D eigenvalue weighted by Crippen LogP contribution is 2.14. The maximum Gasteiger partial charge on any atom is 0.335 e. The van der Waals surface area contributed by atoms with Gasteiger partial charge in [-0.05, 0) is 49.0 Å². The molecule has 3 aromatic rings. The zero-order valence-electron chi connectivity index (χ0n) is 11.5. The first-order valence-corrected chi connectivity index (χ1v) is 6.84. The summed E-state index contributed by atoms with van der Waals surface area (Å²) in [6.07, 6.45) is 1.58. The van der Waals surface area contributed by atoms with Gasteiger partial charge in [0.25, 0.3) is 5.56 Å². The van der Waals surface area contributed by atoms with Gasteiger partial charge in [0.2, 0.25) is 0 Å². The Morgan fingerprint density at radius 3 is 2.82 bits per heavy atom. The predicted octanol–water partition coefficient (Wildman–Crippen LogP) is 2.45. The molecule has 2 heterocycles. The minimum atomic E-state index is -1.06. The first kappa shape index (κ1) is 14.2. The van der Waals surface area contributed by atoms with E-state index < -0.39 is 5.97 Å². The summed E-state index contributed by atoms with van der Waals surface area (Å²) in [5, 5.41) is 9.37. The number of benzene rings is 1. The van der Waals surface area contributed by atoms with Crippen molar-refractivity contribution in [3.05, 3.63) is 62.8 Å². The first-order chi connectivity index (χ1) is 10.5. The van der Waals surface area contributed by atoms with Gasteiger partial charge in [-0.1, -0.05) is 6.07 Å². The highest BCUT2D eigenvalue weighted by molar-refractivity contribution is 7.71. The number of pyridine rings is 1. The number of rotatable bonds is 2. The number of aromatic amines is 1. The average Bonchev–Trinajstić information content (AvgIpc) is 2.48. The number of hydrogen-bond acceptors (Lipinski definition) is 4. The summed E-state index contributed by atoms with van der Waals surface area (Å²) in [5.74, 6) is -0.607. The largest absolute Gasteiger partial charge is 0.478 e. The van der Waals surface area contributed by atoms with Gasteiger partial charge in [-0.2, -0.15) is 0 Å². The fourth-order valence-corrected chi connectivity index (χ4v) is 2.53. The molecule has 6 nitrogen and oxygen atoms in total. The van der Waals surface area contributed by atoms with Gasteiger partial charge in [-0.15, -0.1) is 0 Å². The Hall–Kier alpha value is -2.80. The van der Waals surface area contributed by atoms with E-state index in [1.165, 1.54) is 22.8 Å². The van der Waals surface area contributed by atoms with Crippen molar-refractivity contribution in [3.8, 4) is 5.82 Å². The van der Waals surface area contributed by atoms with Crippen LogP contribution in [0.2, 0.25) is 0 Å². The lowest BCUT2D eigenvalue weighted by Crippen LogP contribution is -2.22. The van der Waals surface area contributed by atoms with Crippen molar-refractivity contribution in [2.45, 2.75) is 6.92 Å². The third kappa shape index (κ3) is 2.21. The molecule has 0 fully saturated rings. The van der Waals surface area contributed by atoms with Crippen LogP contribution in [0, 0.1) is 11.7 Å². The molecule has 0 radical (unpaired) electrons. The van der Waals surface area contributed by atoms with Crippen molar-refractivity contribution in [2.24, 2.45) is 0 Å². The molecule has 0 spiro atoms. The molecule has 2 aromatic heterocycles. The van der Waals surface area contributed by atoms with E-state index in [1.807, 2.05) is 13.0 Å². The number of nitrogens with one attached hydrogen (secondary N) is 1. The summed E-state index contributed by atoms with van der Waals surface area (Å²) < 4.78 is 1.48. The highest BCUT2D eigenvalue weighted by Gasteiger charge is 2.12. The lowest BCUT2D eigenvalue weighted by Gasteiger charge is -2.09. The van der Waals surface area contributed by atoms with Crippen LogP contribution in [-0.2, 0) is 0 Å². The summed E-state index contributed by atoms with van der Waals surface area (Å²) in [6, 6.07) is 7.86. The summed E-state index contributed by atoms with van der Waals surface area (Å²) in [5.41, 5.74) is 0.951. The number of nitrogens with zero attached hydrogens (tertiary/aromatic N) is 2. The Bertz CT molecular complexity index is 1020. The van der Waals surface area contributed by atoms with Crippen LogP contribution in [0.5, 0.6) is 0 Å². The molecular formula is C15H11N3O3S. The highest BCUT2D eigenvalue weighted by atomic mass is 32.1. The monoisotopic (exact) mass is 313 g/mol. The van der Waals surface area contributed by atoms with E-state index in [-0.39, 0.29) is 15.9 Å². The maximum absolute atomic E-state index is 12.7. The number of fused-ring (bicyclic) bond motifs is 1. The first-order valence-electron chi connectivity index (χ1n) is 6.43. The van der Waals surface area contributed by atoms with Gasteiger partial charge in [-0.3, -0.25) is 4.79 Å². The molecule has 110 valence electrons. The van der Waals surface area contributed by atoms with E-state index in [0.717, 1.165) is 5.56 Å². The van der Waals surface area contributed by atoms with Crippen LogP contribution < -0.4 is 5.56 Å². The molecule has 0 aliphatic heterocycles. The zero-order valence-corrected chi connectivity index (χ0v) is 12.3. The summed E-state index contributed by atoms with van der Waals surface area (Å²) >= 11 is 5.24. The molecule has 0 unspecified atom stereocenters. The predicted molar refractivity (Wildman–Crippen MR) is 84.2 cm³/mol. The van der Waals surface area contributed by atoms with Crippen LogP contribution in [-0.4, -0.2) is 25.6 Å². The fraction of sp³-hybridized carbons (Fsp3) is 0.0667. The second-order valence-corrected chi connectivity index (χ2v) is 5.17. The van der Waals surface area contributed by atoms with Crippen LogP contribution in [0.4, 0.5) is 0 Å². The van der Waals surface area contributed by atoms with E-state index in [4.69, 9.17) is 17.3 Å². The van der Waals surface area contributed by atoms with Crippen LogP contribution in [0.1, 0.15) is 15.9 Å². The molecule has 0 saturated heterocycles. The number of aromatic nitrogens is 3. The second kappa shape index (κ2) is 5.19. The lowest BCUT2D eigenvalue weighted by atomic mass is 10.1. The summed E-state index contributed by atoms with van der Waals surface area (Å²) in [4.78, 5) is 30.8. The second-order valence-electron chi connectivity index (χ2n) is 4.78. The van der Waals surface area contributed by atoms with Gasteiger partial charge in [0.1, 0.15) is 5.82 Å². The molecule has 2 N–H and O–H groups in total. The maximum atomic E-state index is 12.7. The molecule has 0 saturated carbocycles. The van der Waals surface area contributed by atoms with E-state index in [0.29, 0.717) is 16.7 Å². The van der Waals surface area contributed by atoms with Gasteiger partial charge in [0.15, 0.2) is 4.77 Å². The number of carboxylic acid groups (broad SMARTS) is 1. The van der Waals surface area contributed by atoms with Gasteiger partial charge >= 0.3 is 5.97 Å².